The average molecular weight is 788 g/mol. The van der Waals surface area contributed by atoms with Crippen molar-refractivity contribution in [1.29, 1.82) is 0 Å². The molecule has 294 valence electrons. The van der Waals surface area contributed by atoms with Crippen LogP contribution in [0.5, 0.6) is 0 Å². The van der Waals surface area contributed by atoms with Gasteiger partial charge in [-0.3, -0.25) is 4.79 Å². The molecule has 0 atom stereocenters. The number of sulfonamides is 1. The van der Waals surface area contributed by atoms with Crippen LogP contribution in [0.4, 0.5) is 14.5 Å². The van der Waals surface area contributed by atoms with E-state index in [0.29, 0.717) is 43.1 Å². The number of carboxylic acid groups (broad SMARTS) is 1. The molecule has 1 aliphatic heterocycles. The Balaban J connectivity index is 1.54. The Morgan fingerprint density at radius 2 is 1.67 bits per heavy atom. The summed E-state index contributed by atoms with van der Waals surface area (Å²) >= 11 is 0. The molecule has 11 nitrogen and oxygen atoms in total. The first-order valence-electron chi connectivity index (χ1n) is 18.2. The molecule has 1 heterocycles. The summed E-state index contributed by atoms with van der Waals surface area (Å²) in [4.78, 5) is 28.0. The summed E-state index contributed by atoms with van der Waals surface area (Å²) in [5, 5.41) is 15.3. The number of carbonyl (C=O) groups excluding carboxylic acids is 1. The highest BCUT2D eigenvalue weighted by Crippen LogP contribution is 2.43. The van der Waals surface area contributed by atoms with Gasteiger partial charge in [0.1, 0.15) is 28.5 Å². The molecule has 2 aromatic rings. The van der Waals surface area contributed by atoms with Crippen molar-refractivity contribution in [3.05, 3.63) is 87.6 Å². The van der Waals surface area contributed by atoms with E-state index < -0.39 is 37.4 Å². The zero-order chi connectivity index (χ0) is 39.5. The van der Waals surface area contributed by atoms with Crippen LogP contribution in [0.25, 0.3) is 5.57 Å². The van der Waals surface area contributed by atoms with Crippen LogP contribution < -0.4 is 20.1 Å². The number of carboxylic acids is 1. The number of ether oxygens (including phenoxy) is 2. The number of amides is 1. The lowest BCUT2D eigenvalue weighted by Crippen LogP contribution is -2.50. The fraction of sp³-hybridized carbons (Fsp3) is 0.462. The molecule has 4 rings (SSSR count). The first-order chi connectivity index (χ1) is 25.7. The average Bonchev–Trinajstić information content (AvgIpc) is 3.13. The van der Waals surface area contributed by atoms with Gasteiger partial charge in [-0.1, -0.05) is 19.2 Å². The largest absolute Gasteiger partial charge is 0.478 e. The topological polar surface area (TPSA) is 137 Å². The zero-order valence-electron chi connectivity index (χ0n) is 31.8. The van der Waals surface area contributed by atoms with E-state index in [1.54, 1.807) is 6.07 Å². The third kappa shape index (κ3) is 11.0. The maximum atomic E-state index is 13.4. The van der Waals surface area contributed by atoms with Crippen molar-refractivity contribution in [2.45, 2.75) is 32.4 Å². The van der Waals surface area contributed by atoms with Gasteiger partial charge in [0.15, 0.2) is 12.3 Å². The second-order valence-electron chi connectivity index (χ2n) is 14.0. The van der Waals surface area contributed by atoms with Crippen LogP contribution in [0.3, 0.4) is 0 Å². The van der Waals surface area contributed by atoms with Gasteiger partial charge in [0.05, 0.1) is 31.6 Å². The molecule has 0 saturated heterocycles. The van der Waals surface area contributed by atoms with Gasteiger partial charge in [-0.15, -0.1) is 0 Å². The van der Waals surface area contributed by atoms with Gasteiger partial charge in [0, 0.05) is 56.7 Å². The van der Waals surface area contributed by atoms with Crippen molar-refractivity contribution in [3.63, 3.8) is 0 Å². The number of unbranched alkanes of at least 4 members (excludes halogenated alkanes) is 2. The summed E-state index contributed by atoms with van der Waals surface area (Å²) in [6.07, 6.45) is 9.46. The highest BCUT2D eigenvalue weighted by atomic mass is 32.2. The third-order valence-corrected chi connectivity index (χ3v) is 13.9. The Morgan fingerprint density at radius 1 is 0.926 bits per heavy atom. The lowest BCUT2D eigenvalue weighted by Gasteiger charge is -2.38. The number of anilines is 1. The maximum Gasteiger partial charge on any atom is 0.336 e. The van der Waals surface area contributed by atoms with Crippen LogP contribution >= 0.6 is 0 Å². The number of rotatable bonds is 21. The van der Waals surface area contributed by atoms with Crippen molar-refractivity contribution in [3.8, 4) is 0 Å². The number of fused-ring (bicyclic) bond motifs is 2. The monoisotopic (exact) mass is 787 g/mol. The van der Waals surface area contributed by atoms with Crippen molar-refractivity contribution in [2.24, 2.45) is 0 Å². The first kappa shape index (κ1) is 42.7. The molecule has 0 aromatic heterocycles. The molecule has 1 aliphatic carbocycles. The number of hydrogen-bond donors (Lipinski definition) is 3. The second kappa shape index (κ2) is 19.5. The summed E-state index contributed by atoms with van der Waals surface area (Å²) in [7, 11) is -1.97. The molecule has 0 saturated carbocycles. The van der Waals surface area contributed by atoms with Crippen LogP contribution in [0.1, 0.15) is 51.1 Å². The van der Waals surface area contributed by atoms with Crippen LogP contribution in [0, 0.1) is 0 Å². The molecule has 0 unspecified atom stereocenters. The van der Waals surface area contributed by atoms with E-state index in [0.717, 1.165) is 58.4 Å². The summed E-state index contributed by atoms with van der Waals surface area (Å²) in [5.74, 6) is -1.51. The van der Waals surface area contributed by atoms with Crippen molar-refractivity contribution in [2.75, 3.05) is 91.2 Å². The number of carbonyl (C=O) groups is 2. The van der Waals surface area contributed by atoms with Crippen LogP contribution in [0.2, 0.25) is 13.1 Å². The lowest BCUT2D eigenvalue weighted by molar-refractivity contribution is -0.496. The normalized spacial score (nSPS) is 15.7. The number of nitrogens with one attached hydrogen (secondary N) is 2. The predicted molar refractivity (Wildman–Crippen MR) is 212 cm³/mol. The quantitative estimate of drug-likeness (QED) is 0.0979. The predicted octanol–water partition coefficient (Wildman–Crippen LogP) is 4.09. The summed E-state index contributed by atoms with van der Waals surface area (Å²) < 4.78 is 64.4. The lowest BCUT2D eigenvalue weighted by atomic mass is 9.86. The van der Waals surface area contributed by atoms with Gasteiger partial charge in [-0.25, -0.2) is 31.3 Å². The zero-order valence-corrected chi connectivity index (χ0v) is 33.7. The summed E-state index contributed by atoms with van der Waals surface area (Å²) in [5.41, 5.74) is 4.84. The molecule has 0 bridgehead atoms. The highest BCUT2D eigenvalue weighted by molar-refractivity contribution is 7.88. The summed E-state index contributed by atoms with van der Waals surface area (Å²) in [6.45, 7) is 6.04. The molecule has 3 N–H and O–H groups in total. The van der Waals surface area contributed by atoms with E-state index >= 15 is 0 Å². The Bertz CT molecular complexity index is 1930. The van der Waals surface area contributed by atoms with E-state index in [1.165, 1.54) is 12.1 Å². The molecule has 54 heavy (non-hydrogen) atoms. The SMILES string of the molecule is CN(CCF)c1ccc2c(c1)[Si](C)(C)C1=CC(=[N+](C)CCF)C=CC1=C2c1cc(C(=O)NCCOCCOCCCCCNS(C)(=O)=O)ccc1C(=O)O. The van der Waals surface area contributed by atoms with Crippen LogP contribution in [-0.4, -0.2) is 130 Å². The van der Waals surface area contributed by atoms with Crippen molar-refractivity contribution < 1.29 is 45.9 Å². The van der Waals surface area contributed by atoms with E-state index in [-0.39, 0.29) is 37.7 Å². The number of benzene rings is 2. The molecule has 1 amide bonds. The Morgan fingerprint density at radius 3 is 2.35 bits per heavy atom. The minimum absolute atomic E-state index is 0.0472. The first-order valence-corrected chi connectivity index (χ1v) is 23.1. The minimum atomic E-state index is -3.17. The summed E-state index contributed by atoms with van der Waals surface area (Å²) in [6, 6.07) is 10.5. The van der Waals surface area contributed by atoms with E-state index in [2.05, 4.69) is 35.3 Å². The standard InChI is InChI=1S/C39H52F2N4O7SSi/c1-44(19-15-40)29-10-13-32-35(26-29)54(4,5)36-27-30(45(2)20-16-41)11-14-33(36)37(32)34-25-28(9-12-31(34)39(47)48)38(46)42-18-22-52-24-23-51-21-8-6-7-17-43-53(3,49)50/h9-14,25-27,43H,6-8,15-24H2,1-5H3,(H-,42,46,47,48)/p+1. The Hall–Kier alpha value is -4.02. The van der Waals surface area contributed by atoms with Gasteiger partial charge in [0.2, 0.25) is 10.0 Å². The van der Waals surface area contributed by atoms with Crippen molar-refractivity contribution >= 4 is 52.1 Å². The van der Waals surface area contributed by atoms with Crippen molar-refractivity contribution in [1.82, 2.24) is 10.0 Å². The Labute approximate surface area is 318 Å². The molecule has 0 spiro atoms. The molecule has 2 aliphatic rings. The third-order valence-electron chi connectivity index (χ3n) is 9.63. The highest BCUT2D eigenvalue weighted by Gasteiger charge is 2.41. The van der Waals surface area contributed by atoms with Gasteiger partial charge in [0.25, 0.3) is 5.91 Å². The van der Waals surface area contributed by atoms with E-state index in [4.69, 9.17) is 9.47 Å². The van der Waals surface area contributed by atoms with Gasteiger partial charge >= 0.3 is 5.97 Å². The van der Waals surface area contributed by atoms with E-state index in [9.17, 15) is 31.9 Å². The van der Waals surface area contributed by atoms with Crippen LogP contribution in [-0.2, 0) is 19.5 Å². The Kier molecular flexibility index (Phi) is 15.4. The minimum Gasteiger partial charge on any atom is -0.478 e. The molecule has 0 fully saturated rings. The number of nitrogens with zero attached hydrogens (tertiary/aromatic N) is 2. The van der Waals surface area contributed by atoms with Crippen LogP contribution in [0.15, 0.2) is 65.4 Å². The van der Waals surface area contributed by atoms with Gasteiger partial charge < -0.3 is 24.8 Å². The molecular weight excluding hydrogens is 735 g/mol. The molecule has 0 radical (unpaired) electrons. The molecular formula is C39H53F2N4O7SSi+. The molecule has 2 aromatic carbocycles. The smallest absolute Gasteiger partial charge is 0.336 e. The number of hydrogen-bond acceptors (Lipinski definition) is 7. The maximum absolute atomic E-state index is 13.4. The van der Waals surface area contributed by atoms with Gasteiger partial charge in [-0.2, -0.15) is 0 Å². The number of alkyl halides is 2. The number of halogens is 2. The van der Waals surface area contributed by atoms with Gasteiger partial charge in [-0.05, 0) is 88.3 Å². The number of allylic oxidation sites excluding steroid dienone is 5. The number of aromatic carboxylic acids is 1. The molecule has 15 heteroatoms. The second-order valence-corrected chi connectivity index (χ2v) is 20.1. The fourth-order valence-electron chi connectivity index (χ4n) is 6.60. The fourth-order valence-corrected chi connectivity index (χ4v) is 10.2. The van der Waals surface area contributed by atoms with E-state index in [1.807, 2.05) is 47.9 Å².